The van der Waals surface area contributed by atoms with E-state index in [4.69, 9.17) is 0 Å². The van der Waals surface area contributed by atoms with Gasteiger partial charge in [0.1, 0.15) is 0 Å². The molecule has 1 aromatic carbocycles. The molecule has 0 bridgehead atoms. The smallest absolute Gasteiger partial charge is 0.0176 e. The van der Waals surface area contributed by atoms with Crippen molar-refractivity contribution in [3.63, 3.8) is 0 Å². The monoisotopic (exact) mass is 276 g/mol. The lowest BCUT2D eigenvalue weighted by Gasteiger charge is -2.35. The van der Waals surface area contributed by atoms with E-state index in [1.807, 2.05) is 0 Å². The van der Waals surface area contributed by atoms with Crippen LogP contribution in [-0.4, -0.2) is 38.1 Å². The molecular formula is C18H32N2. The second-order valence-corrected chi connectivity index (χ2v) is 6.42. The maximum Gasteiger partial charge on any atom is 0.0176 e. The fourth-order valence-corrected chi connectivity index (χ4v) is 2.81. The first-order valence-corrected chi connectivity index (χ1v) is 7.96. The third-order valence-corrected chi connectivity index (χ3v) is 4.18. The fourth-order valence-electron chi connectivity index (χ4n) is 2.81. The summed E-state index contributed by atoms with van der Waals surface area (Å²) in [6, 6.07) is 10.9. The van der Waals surface area contributed by atoms with Gasteiger partial charge in [0.15, 0.2) is 0 Å². The topological polar surface area (TPSA) is 15.3 Å². The van der Waals surface area contributed by atoms with Gasteiger partial charge >= 0.3 is 0 Å². The summed E-state index contributed by atoms with van der Waals surface area (Å²) in [7, 11) is 2.25. The van der Waals surface area contributed by atoms with E-state index < -0.39 is 0 Å². The van der Waals surface area contributed by atoms with Crippen molar-refractivity contribution >= 4 is 0 Å². The van der Waals surface area contributed by atoms with Crippen LogP contribution in [0.3, 0.4) is 0 Å². The highest BCUT2D eigenvalue weighted by atomic mass is 15.1. The molecule has 0 saturated heterocycles. The molecule has 0 aromatic heterocycles. The van der Waals surface area contributed by atoms with Crippen LogP contribution in [0.15, 0.2) is 30.3 Å². The SMILES string of the molecule is CCNCC(C)(CN(C)CC(C)CC)c1ccccc1. The molecule has 0 aliphatic heterocycles. The molecule has 1 N–H and O–H groups in total. The minimum atomic E-state index is 0.166. The molecule has 0 aliphatic rings. The molecule has 20 heavy (non-hydrogen) atoms. The van der Waals surface area contributed by atoms with Crippen LogP contribution < -0.4 is 5.32 Å². The summed E-state index contributed by atoms with van der Waals surface area (Å²) >= 11 is 0. The highest BCUT2D eigenvalue weighted by Gasteiger charge is 2.27. The van der Waals surface area contributed by atoms with Crippen molar-refractivity contribution < 1.29 is 0 Å². The van der Waals surface area contributed by atoms with Crippen LogP contribution in [0.1, 0.15) is 39.7 Å². The van der Waals surface area contributed by atoms with Gasteiger partial charge in [0.2, 0.25) is 0 Å². The average molecular weight is 276 g/mol. The van der Waals surface area contributed by atoms with Crippen molar-refractivity contribution in [2.24, 2.45) is 5.92 Å². The molecule has 2 atom stereocenters. The zero-order chi connectivity index (χ0) is 15.0. The van der Waals surface area contributed by atoms with E-state index in [-0.39, 0.29) is 5.41 Å². The van der Waals surface area contributed by atoms with E-state index in [0.717, 1.165) is 25.6 Å². The lowest BCUT2D eigenvalue weighted by Crippen LogP contribution is -2.45. The molecule has 1 aromatic rings. The Morgan fingerprint density at radius 2 is 1.85 bits per heavy atom. The van der Waals surface area contributed by atoms with Gasteiger partial charge in [-0.15, -0.1) is 0 Å². The lowest BCUT2D eigenvalue weighted by atomic mass is 9.81. The van der Waals surface area contributed by atoms with Crippen LogP contribution in [0.2, 0.25) is 0 Å². The highest BCUT2D eigenvalue weighted by molar-refractivity contribution is 5.25. The third-order valence-electron chi connectivity index (χ3n) is 4.18. The van der Waals surface area contributed by atoms with Crippen molar-refractivity contribution in [3.8, 4) is 0 Å². The Morgan fingerprint density at radius 1 is 1.20 bits per heavy atom. The van der Waals surface area contributed by atoms with E-state index in [9.17, 15) is 0 Å². The van der Waals surface area contributed by atoms with Gasteiger partial charge in [-0.05, 0) is 25.1 Å². The Morgan fingerprint density at radius 3 is 2.40 bits per heavy atom. The third kappa shape index (κ3) is 5.26. The number of nitrogens with zero attached hydrogens (tertiary/aromatic N) is 1. The Kier molecular flexibility index (Phi) is 7.25. The van der Waals surface area contributed by atoms with Crippen molar-refractivity contribution in [2.75, 3.05) is 33.2 Å². The van der Waals surface area contributed by atoms with E-state index in [2.05, 4.69) is 75.3 Å². The Hall–Kier alpha value is -0.860. The molecule has 0 amide bonds. The standard InChI is InChI=1S/C18H32N2/c1-6-16(3)13-20(5)15-18(4,14-19-7-2)17-11-9-8-10-12-17/h8-12,16,19H,6-7,13-15H2,1-5H3. The van der Waals surface area contributed by atoms with E-state index in [1.165, 1.54) is 18.5 Å². The molecule has 1 rings (SSSR count). The summed E-state index contributed by atoms with van der Waals surface area (Å²) in [4.78, 5) is 2.48. The lowest BCUT2D eigenvalue weighted by molar-refractivity contribution is 0.222. The quantitative estimate of drug-likeness (QED) is 0.742. The minimum Gasteiger partial charge on any atom is -0.316 e. The summed E-state index contributed by atoms with van der Waals surface area (Å²) in [5.41, 5.74) is 1.59. The molecular weight excluding hydrogens is 244 g/mol. The molecule has 2 heteroatoms. The largest absolute Gasteiger partial charge is 0.316 e. The zero-order valence-electron chi connectivity index (χ0n) is 13.9. The van der Waals surface area contributed by atoms with Gasteiger partial charge in [0.25, 0.3) is 0 Å². The Bertz CT molecular complexity index is 363. The van der Waals surface area contributed by atoms with Crippen molar-refractivity contribution in [2.45, 2.75) is 39.5 Å². The van der Waals surface area contributed by atoms with Gasteiger partial charge in [0, 0.05) is 25.0 Å². The summed E-state index contributed by atoms with van der Waals surface area (Å²) in [6.45, 7) is 13.5. The van der Waals surface area contributed by atoms with Crippen LogP contribution >= 0.6 is 0 Å². The maximum atomic E-state index is 3.53. The number of hydrogen-bond acceptors (Lipinski definition) is 2. The van der Waals surface area contributed by atoms with Gasteiger partial charge in [-0.1, -0.05) is 64.4 Å². The van der Waals surface area contributed by atoms with Gasteiger partial charge in [-0.25, -0.2) is 0 Å². The van der Waals surface area contributed by atoms with Crippen molar-refractivity contribution in [3.05, 3.63) is 35.9 Å². The number of rotatable bonds is 9. The summed E-state index contributed by atoms with van der Waals surface area (Å²) in [5, 5.41) is 3.53. The van der Waals surface area contributed by atoms with Crippen molar-refractivity contribution in [1.82, 2.24) is 10.2 Å². The second-order valence-electron chi connectivity index (χ2n) is 6.42. The molecule has 0 aliphatic carbocycles. The van der Waals surface area contributed by atoms with Crippen molar-refractivity contribution in [1.29, 1.82) is 0 Å². The first-order chi connectivity index (χ1) is 9.51. The molecule has 0 radical (unpaired) electrons. The Balaban J connectivity index is 2.78. The van der Waals surface area contributed by atoms with Crippen LogP contribution in [0.4, 0.5) is 0 Å². The number of hydrogen-bond donors (Lipinski definition) is 1. The highest BCUT2D eigenvalue weighted by Crippen LogP contribution is 2.24. The molecule has 0 spiro atoms. The van der Waals surface area contributed by atoms with E-state index >= 15 is 0 Å². The number of benzene rings is 1. The predicted molar refractivity (Wildman–Crippen MR) is 89.3 cm³/mol. The van der Waals surface area contributed by atoms with Gasteiger partial charge in [-0.2, -0.15) is 0 Å². The summed E-state index contributed by atoms with van der Waals surface area (Å²) in [6.07, 6.45) is 1.25. The number of nitrogens with one attached hydrogen (secondary N) is 1. The van der Waals surface area contributed by atoms with Gasteiger partial charge in [-0.3, -0.25) is 0 Å². The molecule has 0 heterocycles. The maximum absolute atomic E-state index is 3.53. The van der Waals surface area contributed by atoms with Crippen LogP contribution in [0.5, 0.6) is 0 Å². The number of likely N-dealkylation sites (N-methyl/N-ethyl adjacent to an activating group) is 2. The Labute approximate surface area is 125 Å². The normalized spacial score (nSPS) is 16.1. The molecule has 0 fully saturated rings. The fraction of sp³-hybridized carbons (Fsp3) is 0.667. The van der Waals surface area contributed by atoms with Crippen LogP contribution in [-0.2, 0) is 5.41 Å². The average Bonchev–Trinajstić information content (AvgIpc) is 2.45. The van der Waals surface area contributed by atoms with Crippen LogP contribution in [0, 0.1) is 5.92 Å². The van der Waals surface area contributed by atoms with E-state index in [1.54, 1.807) is 0 Å². The first kappa shape index (κ1) is 17.2. The molecule has 2 unspecified atom stereocenters. The van der Waals surface area contributed by atoms with Gasteiger partial charge in [0.05, 0.1) is 0 Å². The molecule has 0 saturated carbocycles. The van der Waals surface area contributed by atoms with Gasteiger partial charge < -0.3 is 10.2 Å². The first-order valence-electron chi connectivity index (χ1n) is 7.96. The summed E-state index contributed by atoms with van der Waals surface area (Å²) in [5.74, 6) is 0.763. The zero-order valence-corrected chi connectivity index (χ0v) is 13.9. The second kappa shape index (κ2) is 8.43. The summed E-state index contributed by atoms with van der Waals surface area (Å²) < 4.78 is 0. The van der Waals surface area contributed by atoms with E-state index in [0.29, 0.717) is 0 Å². The minimum absolute atomic E-state index is 0.166. The predicted octanol–water partition coefficient (Wildman–Crippen LogP) is 3.53. The molecule has 114 valence electrons. The molecule has 2 nitrogen and oxygen atoms in total. The van der Waals surface area contributed by atoms with Crippen LogP contribution in [0.25, 0.3) is 0 Å².